The molecule has 0 saturated heterocycles. The van der Waals surface area contributed by atoms with Gasteiger partial charge < -0.3 is 19.5 Å². The van der Waals surface area contributed by atoms with E-state index in [1.807, 2.05) is 30.3 Å². The molecule has 5 heteroatoms. The van der Waals surface area contributed by atoms with E-state index in [0.717, 1.165) is 61.5 Å². The van der Waals surface area contributed by atoms with Crippen molar-refractivity contribution >= 4 is 16.8 Å². The van der Waals surface area contributed by atoms with Crippen molar-refractivity contribution in [3.05, 3.63) is 138 Å². The molecular weight excluding hydrogens is 554 g/mol. The SMILES string of the molecule is CCN(CC)CCC[C@@H](C)NC(=O)C[C@@H](c1cccc(OCc2ccccc2)c1)c1cn(Cc2ccccc2)c2ccccc12. The molecule has 5 nitrogen and oxygen atoms in total. The molecule has 0 saturated carbocycles. The Bertz CT molecular complexity index is 1630. The van der Waals surface area contributed by atoms with Crippen molar-refractivity contribution in [3.8, 4) is 5.75 Å². The van der Waals surface area contributed by atoms with E-state index in [0.29, 0.717) is 13.0 Å². The zero-order valence-electron chi connectivity index (χ0n) is 27.0. The monoisotopic (exact) mass is 601 g/mol. The Morgan fingerprint density at radius 1 is 0.844 bits per heavy atom. The molecule has 0 fully saturated rings. The molecular formula is C40H47N3O2. The number of benzene rings is 4. The number of para-hydroxylation sites is 1. The number of nitrogens with zero attached hydrogens (tertiary/aromatic N) is 2. The molecule has 0 aliphatic carbocycles. The summed E-state index contributed by atoms with van der Waals surface area (Å²) in [5, 5.41) is 4.50. The van der Waals surface area contributed by atoms with Gasteiger partial charge in [0.15, 0.2) is 0 Å². The van der Waals surface area contributed by atoms with Crippen LogP contribution in [0.2, 0.25) is 0 Å². The second-order valence-electron chi connectivity index (χ2n) is 12.0. The molecule has 0 bridgehead atoms. The number of carbonyl (C=O) groups excluding carboxylic acids is 1. The summed E-state index contributed by atoms with van der Waals surface area (Å²) in [6.07, 6.45) is 4.65. The number of ether oxygens (including phenoxy) is 1. The molecule has 0 spiro atoms. The first-order chi connectivity index (χ1) is 22.0. The molecule has 4 aromatic carbocycles. The molecule has 1 amide bonds. The Morgan fingerprint density at radius 3 is 2.27 bits per heavy atom. The number of carbonyl (C=O) groups is 1. The second kappa shape index (κ2) is 16.1. The third-order valence-electron chi connectivity index (χ3n) is 8.70. The van der Waals surface area contributed by atoms with Gasteiger partial charge in [0.1, 0.15) is 12.4 Å². The average Bonchev–Trinajstić information content (AvgIpc) is 3.43. The fourth-order valence-electron chi connectivity index (χ4n) is 6.19. The van der Waals surface area contributed by atoms with Crippen LogP contribution in [0.25, 0.3) is 10.9 Å². The van der Waals surface area contributed by atoms with Crippen LogP contribution in [0.4, 0.5) is 0 Å². The summed E-state index contributed by atoms with van der Waals surface area (Å²) >= 11 is 0. The molecule has 1 N–H and O–H groups in total. The maximum absolute atomic E-state index is 13.7. The Balaban J connectivity index is 1.42. The number of nitrogens with one attached hydrogen (secondary N) is 1. The molecule has 0 aliphatic rings. The highest BCUT2D eigenvalue weighted by atomic mass is 16.5. The first-order valence-corrected chi connectivity index (χ1v) is 16.4. The van der Waals surface area contributed by atoms with Crippen molar-refractivity contribution in [2.45, 2.75) is 65.1 Å². The zero-order valence-corrected chi connectivity index (χ0v) is 27.0. The van der Waals surface area contributed by atoms with Crippen molar-refractivity contribution in [2.75, 3.05) is 19.6 Å². The Morgan fingerprint density at radius 2 is 1.53 bits per heavy atom. The van der Waals surface area contributed by atoms with E-state index in [1.165, 1.54) is 16.5 Å². The Labute approximate surface area is 268 Å². The van der Waals surface area contributed by atoms with Gasteiger partial charge in [-0.1, -0.05) is 105 Å². The maximum Gasteiger partial charge on any atom is 0.221 e. The Kier molecular flexibility index (Phi) is 11.5. The minimum Gasteiger partial charge on any atom is -0.489 e. The van der Waals surface area contributed by atoms with Gasteiger partial charge in [-0.05, 0) is 79.9 Å². The van der Waals surface area contributed by atoms with Gasteiger partial charge in [-0.3, -0.25) is 4.79 Å². The quantitative estimate of drug-likeness (QED) is 0.124. The number of rotatable bonds is 16. The number of hydrogen-bond donors (Lipinski definition) is 1. The normalized spacial score (nSPS) is 12.7. The van der Waals surface area contributed by atoms with E-state index in [2.05, 4.69) is 121 Å². The largest absolute Gasteiger partial charge is 0.489 e. The highest BCUT2D eigenvalue weighted by molar-refractivity contribution is 5.87. The molecule has 0 aliphatic heterocycles. The number of fused-ring (bicyclic) bond motifs is 1. The summed E-state index contributed by atoms with van der Waals surface area (Å²) in [5.41, 5.74) is 5.77. The fraction of sp³-hybridized carbons (Fsp3) is 0.325. The fourth-order valence-corrected chi connectivity index (χ4v) is 6.19. The lowest BCUT2D eigenvalue weighted by atomic mass is 9.87. The van der Waals surface area contributed by atoms with E-state index in [4.69, 9.17) is 4.74 Å². The molecule has 0 unspecified atom stereocenters. The molecule has 1 heterocycles. The predicted octanol–water partition coefficient (Wildman–Crippen LogP) is 8.42. The van der Waals surface area contributed by atoms with E-state index < -0.39 is 0 Å². The number of aromatic nitrogens is 1. The summed E-state index contributed by atoms with van der Waals surface area (Å²) < 4.78 is 8.55. The van der Waals surface area contributed by atoms with Gasteiger partial charge in [0.25, 0.3) is 0 Å². The third kappa shape index (κ3) is 8.86. The van der Waals surface area contributed by atoms with Crippen LogP contribution in [0.3, 0.4) is 0 Å². The molecule has 5 rings (SSSR count). The molecule has 0 radical (unpaired) electrons. The third-order valence-corrected chi connectivity index (χ3v) is 8.70. The van der Waals surface area contributed by atoms with Crippen molar-refractivity contribution in [1.29, 1.82) is 0 Å². The van der Waals surface area contributed by atoms with Gasteiger partial charge in [-0.2, -0.15) is 0 Å². The number of amides is 1. The van der Waals surface area contributed by atoms with Crippen LogP contribution in [-0.2, 0) is 17.9 Å². The first-order valence-electron chi connectivity index (χ1n) is 16.4. The summed E-state index contributed by atoms with van der Waals surface area (Å²) in [6.45, 7) is 11.0. The van der Waals surface area contributed by atoms with Crippen molar-refractivity contribution in [3.63, 3.8) is 0 Å². The molecule has 1 aromatic heterocycles. The van der Waals surface area contributed by atoms with Gasteiger partial charge in [-0.25, -0.2) is 0 Å². The van der Waals surface area contributed by atoms with Gasteiger partial charge in [0.2, 0.25) is 5.91 Å². The van der Waals surface area contributed by atoms with Gasteiger partial charge in [-0.15, -0.1) is 0 Å². The van der Waals surface area contributed by atoms with Crippen LogP contribution < -0.4 is 10.1 Å². The highest BCUT2D eigenvalue weighted by Crippen LogP contribution is 2.36. The lowest BCUT2D eigenvalue weighted by Gasteiger charge is -2.22. The van der Waals surface area contributed by atoms with E-state index in [9.17, 15) is 4.79 Å². The molecule has 5 aromatic rings. The van der Waals surface area contributed by atoms with Crippen molar-refractivity contribution in [2.24, 2.45) is 0 Å². The minimum atomic E-state index is -0.130. The van der Waals surface area contributed by atoms with Crippen molar-refractivity contribution < 1.29 is 9.53 Å². The van der Waals surface area contributed by atoms with E-state index >= 15 is 0 Å². The average molecular weight is 602 g/mol. The first kappa shape index (κ1) is 32.1. The molecule has 2 atom stereocenters. The summed E-state index contributed by atoms with van der Waals surface area (Å²) in [5.74, 6) is 0.750. The van der Waals surface area contributed by atoms with Crippen LogP contribution in [0.1, 0.15) is 68.2 Å². The number of hydrogen-bond acceptors (Lipinski definition) is 3. The minimum absolute atomic E-state index is 0.0748. The zero-order chi connectivity index (χ0) is 31.4. The highest BCUT2D eigenvalue weighted by Gasteiger charge is 2.24. The lowest BCUT2D eigenvalue weighted by molar-refractivity contribution is -0.121. The second-order valence-corrected chi connectivity index (χ2v) is 12.0. The standard InChI is InChI=1S/C40H47N3O2/c1-4-42(5-2)25-15-16-31(3)41-40(44)27-37(34-21-14-22-35(26-34)45-30-33-19-10-7-11-20-33)38-29-43(28-32-17-8-6-9-18-32)39-24-13-12-23-36(38)39/h6-14,17-24,26,29,31,37H,4-5,15-16,25,27-28,30H2,1-3H3,(H,41,44)/t31-,37+/m1/s1. The smallest absolute Gasteiger partial charge is 0.221 e. The van der Waals surface area contributed by atoms with Crippen LogP contribution in [0, 0.1) is 0 Å². The van der Waals surface area contributed by atoms with Crippen LogP contribution in [0.15, 0.2) is 115 Å². The molecule has 234 valence electrons. The van der Waals surface area contributed by atoms with E-state index in [1.54, 1.807) is 0 Å². The maximum atomic E-state index is 13.7. The van der Waals surface area contributed by atoms with Gasteiger partial charge in [0.05, 0.1) is 0 Å². The van der Waals surface area contributed by atoms with Crippen LogP contribution in [-0.4, -0.2) is 41.1 Å². The summed E-state index contributed by atoms with van der Waals surface area (Å²) in [6, 6.07) is 37.7. The van der Waals surface area contributed by atoms with Gasteiger partial charge in [0, 0.05) is 42.0 Å². The Hall–Kier alpha value is -4.35. The lowest BCUT2D eigenvalue weighted by Crippen LogP contribution is -2.34. The predicted molar refractivity (Wildman–Crippen MR) is 186 cm³/mol. The van der Waals surface area contributed by atoms with E-state index in [-0.39, 0.29) is 17.9 Å². The summed E-state index contributed by atoms with van der Waals surface area (Å²) in [4.78, 5) is 16.1. The topological polar surface area (TPSA) is 46.5 Å². The van der Waals surface area contributed by atoms with Crippen LogP contribution >= 0.6 is 0 Å². The summed E-state index contributed by atoms with van der Waals surface area (Å²) in [7, 11) is 0. The molecule has 45 heavy (non-hydrogen) atoms. The van der Waals surface area contributed by atoms with Gasteiger partial charge >= 0.3 is 0 Å². The van der Waals surface area contributed by atoms with Crippen LogP contribution in [0.5, 0.6) is 5.75 Å². The van der Waals surface area contributed by atoms with Crippen molar-refractivity contribution in [1.82, 2.24) is 14.8 Å².